The molecule has 1 aliphatic heterocycles. The number of amides is 1. The molecular formula is C28H31ClN4O3S. The summed E-state index contributed by atoms with van der Waals surface area (Å²) in [6, 6.07) is 11.3. The van der Waals surface area contributed by atoms with E-state index in [-0.39, 0.29) is 10.8 Å². The van der Waals surface area contributed by atoms with Gasteiger partial charge in [-0.1, -0.05) is 23.7 Å². The molecule has 2 aromatic carbocycles. The van der Waals surface area contributed by atoms with Crippen molar-refractivity contribution in [1.29, 1.82) is 0 Å². The normalized spacial score (nSPS) is 16.1. The molecule has 2 heterocycles. The third-order valence-corrected chi connectivity index (χ3v) is 8.66. The van der Waals surface area contributed by atoms with Crippen LogP contribution in [0.4, 0.5) is 11.4 Å². The van der Waals surface area contributed by atoms with Gasteiger partial charge in [-0.05, 0) is 107 Å². The van der Waals surface area contributed by atoms with Crippen LogP contribution in [0.5, 0.6) is 0 Å². The standard InChI is InChI=1S/C28H31ClN4O3S/c1-33(2)15-7-9-20-19-8-3-5-11-24(19)30-27(20)17-22-21-16-18(13-14-25(21)31-28(22)34)37(35,36)32-26-12-6-4-10-23(26)29/h4,6,10,12-14,16-17,30,32H,3,5,7-9,11,15H2,1-2H3,(H,31,34)/b22-17-. The third kappa shape index (κ3) is 5.32. The van der Waals surface area contributed by atoms with Crippen molar-refractivity contribution < 1.29 is 13.2 Å². The highest BCUT2D eigenvalue weighted by Gasteiger charge is 2.28. The van der Waals surface area contributed by atoms with Gasteiger partial charge in [-0.2, -0.15) is 0 Å². The lowest BCUT2D eigenvalue weighted by Gasteiger charge is -2.14. The lowest BCUT2D eigenvalue weighted by molar-refractivity contribution is -0.110. The van der Waals surface area contributed by atoms with Crippen molar-refractivity contribution in [1.82, 2.24) is 9.88 Å². The first-order valence-corrected chi connectivity index (χ1v) is 14.4. The van der Waals surface area contributed by atoms with Crippen molar-refractivity contribution in [3.8, 4) is 0 Å². The molecule has 194 valence electrons. The van der Waals surface area contributed by atoms with Crippen molar-refractivity contribution in [3.63, 3.8) is 0 Å². The number of H-pyrrole nitrogens is 1. The maximum absolute atomic E-state index is 13.2. The first-order chi connectivity index (χ1) is 17.7. The average molecular weight is 539 g/mol. The maximum atomic E-state index is 13.2. The number of hydrogen-bond donors (Lipinski definition) is 3. The highest BCUT2D eigenvalue weighted by atomic mass is 35.5. The predicted octanol–water partition coefficient (Wildman–Crippen LogP) is 5.33. The zero-order valence-electron chi connectivity index (χ0n) is 21.0. The molecule has 0 unspecified atom stereocenters. The van der Waals surface area contributed by atoms with Crippen molar-refractivity contribution in [3.05, 3.63) is 75.6 Å². The summed E-state index contributed by atoms with van der Waals surface area (Å²) in [5, 5.41) is 3.19. The van der Waals surface area contributed by atoms with Crippen LogP contribution in [0.3, 0.4) is 0 Å². The smallest absolute Gasteiger partial charge is 0.261 e. The first kappa shape index (κ1) is 25.6. The van der Waals surface area contributed by atoms with E-state index in [1.807, 2.05) is 6.08 Å². The number of carbonyl (C=O) groups is 1. The SMILES string of the molecule is CN(C)CCCc1c(/C=C2\C(=O)Nc3ccc(S(=O)(=O)Nc4ccccc4Cl)cc32)[nH]c2c1CCCC2. The predicted molar refractivity (Wildman–Crippen MR) is 150 cm³/mol. The van der Waals surface area contributed by atoms with Gasteiger partial charge in [0.05, 0.1) is 21.2 Å². The molecule has 0 radical (unpaired) electrons. The van der Waals surface area contributed by atoms with Crippen molar-refractivity contribution in [2.75, 3.05) is 30.7 Å². The van der Waals surface area contributed by atoms with Gasteiger partial charge >= 0.3 is 0 Å². The number of nitrogens with zero attached hydrogens (tertiary/aromatic N) is 1. The van der Waals surface area contributed by atoms with Crippen LogP contribution >= 0.6 is 11.6 Å². The fraction of sp³-hybridized carbons (Fsp3) is 0.321. The molecule has 5 rings (SSSR count). The van der Waals surface area contributed by atoms with Crippen molar-refractivity contribution in [2.45, 2.75) is 43.4 Å². The summed E-state index contributed by atoms with van der Waals surface area (Å²) < 4.78 is 28.9. The number of nitrogens with one attached hydrogen (secondary N) is 3. The van der Waals surface area contributed by atoms with Crippen LogP contribution in [-0.4, -0.2) is 44.8 Å². The first-order valence-electron chi connectivity index (χ1n) is 12.5. The van der Waals surface area contributed by atoms with Gasteiger partial charge in [-0.15, -0.1) is 0 Å². The van der Waals surface area contributed by atoms with Crippen LogP contribution in [0, 0.1) is 0 Å². The Morgan fingerprint density at radius 1 is 1.11 bits per heavy atom. The Hall–Kier alpha value is -3.07. The van der Waals surface area contributed by atoms with E-state index in [2.05, 4.69) is 34.0 Å². The fourth-order valence-corrected chi connectivity index (χ4v) is 6.47. The van der Waals surface area contributed by atoms with Crippen LogP contribution in [0.15, 0.2) is 47.4 Å². The summed E-state index contributed by atoms with van der Waals surface area (Å²) in [5.74, 6) is -0.240. The van der Waals surface area contributed by atoms with Gasteiger partial charge in [0.2, 0.25) is 0 Å². The minimum Gasteiger partial charge on any atom is -0.358 e. The Labute approximate surface area is 223 Å². The second-order valence-corrected chi connectivity index (χ2v) is 12.0. The lowest BCUT2D eigenvalue weighted by Crippen LogP contribution is -2.14. The minimum atomic E-state index is -3.91. The van der Waals surface area contributed by atoms with Gasteiger partial charge < -0.3 is 15.2 Å². The van der Waals surface area contributed by atoms with Crippen molar-refractivity contribution in [2.24, 2.45) is 0 Å². The number of halogens is 1. The molecule has 3 aromatic rings. The van der Waals surface area contributed by atoms with E-state index in [1.165, 1.54) is 29.3 Å². The summed E-state index contributed by atoms with van der Waals surface area (Å²) in [5.41, 5.74) is 6.79. The molecule has 0 bridgehead atoms. The second-order valence-electron chi connectivity index (χ2n) is 9.89. The molecule has 3 N–H and O–H groups in total. The van der Waals surface area contributed by atoms with E-state index in [9.17, 15) is 13.2 Å². The summed E-state index contributed by atoms with van der Waals surface area (Å²) in [7, 11) is 0.227. The Kier molecular flexibility index (Phi) is 7.16. The van der Waals surface area contributed by atoms with Crippen LogP contribution in [0.25, 0.3) is 11.6 Å². The Bertz CT molecular complexity index is 1490. The topological polar surface area (TPSA) is 94.3 Å². The number of sulfonamides is 1. The third-order valence-electron chi connectivity index (χ3n) is 6.97. The molecular weight excluding hydrogens is 508 g/mol. The molecule has 1 aliphatic carbocycles. The van der Waals surface area contributed by atoms with Gasteiger partial charge in [0, 0.05) is 22.6 Å². The molecule has 7 nitrogen and oxygen atoms in total. The largest absolute Gasteiger partial charge is 0.358 e. The van der Waals surface area contributed by atoms with E-state index < -0.39 is 10.0 Å². The summed E-state index contributed by atoms with van der Waals surface area (Å²) in [6.45, 7) is 0.985. The molecule has 9 heteroatoms. The number of fused-ring (bicyclic) bond motifs is 2. The van der Waals surface area contributed by atoms with Gasteiger partial charge in [0.15, 0.2) is 0 Å². The van der Waals surface area contributed by atoms with Crippen LogP contribution in [0.1, 0.15) is 47.3 Å². The van der Waals surface area contributed by atoms with Gasteiger partial charge in [-0.3, -0.25) is 9.52 Å². The summed E-state index contributed by atoms with van der Waals surface area (Å²) in [4.78, 5) is 18.8. The fourth-order valence-electron chi connectivity index (χ4n) is 5.13. The number of carbonyl (C=O) groups excluding carboxylic acids is 1. The molecule has 2 aliphatic rings. The minimum absolute atomic E-state index is 0.0607. The zero-order valence-corrected chi connectivity index (χ0v) is 22.6. The Morgan fingerprint density at radius 3 is 2.68 bits per heavy atom. The number of aromatic amines is 1. The zero-order chi connectivity index (χ0) is 26.2. The van der Waals surface area contributed by atoms with E-state index in [0.717, 1.165) is 44.3 Å². The van der Waals surface area contributed by atoms with E-state index in [0.29, 0.717) is 27.5 Å². The number of aromatic nitrogens is 1. The molecule has 0 saturated heterocycles. The van der Waals surface area contributed by atoms with Crippen LogP contribution in [0.2, 0.25) is 5.02 Å². The number of aryl methyl sites for hydroxylation is 1. The number of para-hydroxylation sites is 1. The number of anilines is 2. The number of benzene rings is 2. The van der Waals surface area contributed by atoms with Gasteiger partial charge in [0.1, 0.15) is 0 Å². The molecule has 0 spiro atoms. The molecule has 37 heavy (non-hydrogen) atoms. The maximum Gasteiger partial charge on any atom is 0.261 e. The van der Waals surface area contributed by atoms with E-state index in [1.54, 1.807) is 36.4 Å². The molecule has 0 atom stereocenters. The average Bonchev–Trinajstić information content (AvgIpc) is 3.37. The van der Waals surface area contributed by atoms with Crippen LogP contribution < -0.4 is 10.0 Å². The Morgan fingerprint density at radius 2 is 1.89 bits per heavy atom. The Balaban J connectivity index is 1.51. The number of rotatable bonds is 8. The summed E-state index contributed by atoms with van der Waals surface area (Å²) in [6.07, 6.45) is 8.22. The second kappa shape index (κ2) is 10.4. The number of hydrogen-bond acceptors (Lipinski definition) is 4. The monoisotopic (exact) mass is 538 g/mol. The highest BCUT2D eigenvalue weighted by Crippen LogP contribution is 2.37. The quantitative estimate of drug-likeness (QED) is 0.338. The van der Waals surface area contributed by atoms with Crippen LogP contribution in [-0.2, 0) is 34.1 Å². The summed E-state index contributed by atoms with van der Waals surface area (Å²) >= 11 is 6.16. The molecule has 0 fully saturated rings. The van der Waals surface area contributed by atoms with Gasteiger partial charge in [-0.25, -0.2) is 8.42 Å². The lowest BCUT2D eigenvalue weighted by atomic mass is 9.92. The highest BCUT2D eigenvalue weighted by molar-refractivity contribution is 7.92. The van der Waals surface area contributed by atoms with E-state index in [4.69, 9.17) is 11.6 Å². The van der Waals surface area contributed by atoms with Crippen molar-refractivity contribution >= 4 is 50.6 Å². The molecule has 1 amide bonds. The molecule has 1 aromatic heterocycles. The van der Waals surface area contributed by atoms with E-state index >= 15 is 0 Å². The molecule has 0 saturated carbocycles. The van der Waals surface area contributed by atoms with Gasteiger partial charge in [0.25, 0.3) is 15.9 Å².